The van der Waals surface area contributed by atoms with Crippen molar-refractivity contribution in [3.8, 4) is 5.75 Å². The first-order chi connectivity index (χ1) is 11.2. The summed E-state index contributed by atoms with van der Waals surface area (Å²) in [6.07, 6.45) is 0. The van der Waals surface area contributed by atoms with Gasteiger partial charge in [-0.1, -0.05) is 32.0 Å². The highest BCUT2D eigenvalue weighted by Gasteiger charge is 2.23. The van der Waals surface area contributed by atoms with Crippen LogP contribution in [0.4, 0.5) is 0 Å². The first-order valence-electron chi connectivity index (χ1n) is 7.77. The number of hydrazine groups is 1. The highest BCUT2D eigenvalue weighted by atomic mass is 16.5. The molecule has 0 radical (unpaired) electrons. The molecule has 132 valence electrons. The first kappa shape index (κ1) is 19.5. The van der Waals surface area contributed by atoms with Gasteiger partial charge < -0.3 is 10.1 Å². The Hall–Kier alpha value is -2.57. The van der Waals surface area contributed by atoms with Crippen LogP contribution in [0.15, 0.2) is 18.2 Å². The van der Waals surface area contributed by atoms with Crippen LogP contribution >= 0.6 is 0 Å². The van der Waals surface area contributed by atoms with Gasteiger partial charge in [0.25, 0.3) is 11.8 Å². The summed E-state index contributed by atoms with van der Waals surface area (Å²) in [7, 11) is 0. The lowest BCUT2D eigenvalue weighted by atomic mass is 10.0. The van der Waals surface area contributed by atoms with Crippen LogP contribution in [-0.2, 0) is 14.4 Å². The Balaban J connectivity index is 2.51. The Morgan fingerprint density at radius 2 is 1.67 bits per heavy atom. The average Bonchev–Trinajstić information content (AvgIpc) is 2.49. The summed E-state index contributed by atoms with van der Waals surface area (Å²) in [5.41, 5.74) is 6.44. The minimum Gasteiger partial charge on any atom is -0.483 e. The van der Waals surface area contributed by atoms with Gasteiger partial charge in [0.1, 0.15) is 11.8 Å². The predicted octanol–water partition coefficient (Wildman–Crippen LogP) is 0.990. The van der Waals surface area contributed by atoms with E-state index in [0.717, 1.165) is 11.1 Å². The van der Waals surface area contributed by atoms with E-state index in [1.54, 1.807) is 13.8 Å². The molecule has 0 saturated heterocycles. The monoisotopic (exact) mass is 335 g/mol. The molecule has 1 aromatic rings. The topological polar surface area (TPSA) is 96.5 Å². The fourth-order valence-electron chi connectivity index (χ4n) is 2.16. The molecule has 7 heteroatoms. The SMILES string of the molecule is CC(=O)N[C@H](C(=O)NNC(=O)COc1c(C)cccc1C)C(C)C. The Morgan fingerprint density at radius 3 is 2.17 bits per heavy atom. The second kappa shape index (κ2) is 8.90. The number of ether oxygens (including phenoxy) is 1. The van der Waals surface area contributed by atoms with Crippen LogP contribution in [-0.4, -0.2) is 30.4 Å². The maximum atomic E-state index is 12.0. The third-order valence-corrected chi connectivity index (χ3v) is 3.39. The molecule has 3 N–H and O–H groups in total. The predicted molar refractivity (Wildman–Crippen MR) is 90.1 cm³/mol. The summed E-state index contributed by atoms with van der Waals surface area (Å²) in [5.74, 6) is -0.751. The highest BCUT2D eigenvalue weighted by molar-refractivity contribution is 5.89. The van der Waals surface area contributed by atoms with Crippen LogP contribution < -0.4 is 20.9 Å². The Morgan fingerprint density at radius 1 is 1.08 bits per heavy atom. The summed E-state index contributed by atoms with van der Waals surface area (Å²) < 4.78 is 5.50. The van der Waals surface area contributed by atoms with Gasteiger partial charge in [0.2, 0.25) is 5.91 Å². The maximum absolute atomic E-state index is 12.0. The van der Waals surface area contributed by atoms with Crippen molar-refractivity contribution >= 4 is 17.7 Å². The largest absolute Gasteiger partial charge is 0.483 e. The summed E-state index contributed by atoms with van der Waals surface area (Å²) >= 11 is 0. The van der Waals surface area contributed by atoms with Crippen molar-refractivity contribution in [2.45, 2.75) is 40.7 Å². The number of amides is 3. The minimum absolute atomic E-state index is 0.114. The quantitative estimate of drug-likeness (QED) is 0.676. The molecule has 0 bridgehead atoms. The number of para-hydroxylation sites is 1. The van der Waals surface area contributed by atoms with Crippen molar-refractivity contribution in [2.75, 3.05) is 6.61 Å². The number of aryl methyl sites for hydroxylation is 2. The average molecular weight is 335 g/mol. The number of hydrogen-bond donors (Lipinski definition) is 3. The fourth-order valence-corrected chi connectivity index (χ4v) is 2.16. The van der Waals surface area contributed by atoms with Gasteiger partial charge in [-0.15, -0.1) is 0 Å². The lowest BCUT2D eigenvalue weighted by molar-refractivity contribution is -0.133. The smallest absolute Gasteiger partial charge is 0.276 e. The summed E-state index contributed by atoms with van der Waals surface area (Å²) in [5, 5.41) is 2.54. The van der Waals surface area contributed by atoms with Gasteiger partial charge in [-0.2, -0.15) is 0 Å². The van der Waals surface area contributed by atoms with Crippen molar-refractivity contribution in [3.63, 3.8) is 0 Å². The molecule has 3 amide bonds. The molecule has 0 aliphatic carbocycles. The summed E-state index contributed by atoms with van der Waals surface area (Å²) in [6.45, 7) is 8.49. The maximum Gasteiger partial charge on any atom is 0.276 e. The molecule has 0 unspecified atom stereocenters. The molecule has 1 atom stereocenters. The minimum atomic E-state index is -0.720. The van der Waals surface area contributed by atoms with Gasteiger partial charge >= 0.3 is 0 Å². The second-order valence-corrected chi connectivity index (χ2v) is 5.97. The molecular weight excluding hydrogens is 310 g/mol. The number of carbonyl (C=O) groups excluding carboxylic acids is 3. The third kappa shape index (κ3) is 5.91. The molecule has 0 saturated carbocycles. The lowest BCUT2D eigenvalue weighted by Gasteiger charge is -2.21. The number of carbonyl (C=O) groups is 3. The molecule has 0 aliphatic rings. The van der Waals surface area contributed by atoms with Crippen LogP contribution in [0.25, 0.3) is 0 Å². The van der Waals surface area contributed by atoms with Crippen molar-refractivity contribution in [1.82, 2.24) is 16.2 Å². The van der Waals surface area contributed by atoms with Crippen LogP contribution in [0.5, 0.6) is 5.75 Å². The van der Waals surface area contributed by atoms with E-state index in [1.807, 2.05) is 32.0 Å². The summed E-state index contributed by atoms with van der Waals surface area (Å²) in [6, 6.07) is 4.97. The van der Waals surface area contributed by atoms with Crippen molar-refractivity contribution < 1.29 is 19.1 Å². The van der Waals surface area contributed by atoms with Crippen LogP contribution in [0.1, 0.15) is 31.9 Å². The van der Waals surface area contributed by atoms with E-state index in [4.69, 9.17) is 4.74 Å². The van der Waals surface area contributed by atoms with Gasteiger partial charge in [0, 0.05) is 6.92 Å². The fraction of sp³-hybridized carbons (Fsp3) is 0.471. The van der Waals surface area contributed by atoms with Gasteiger partial charge in [0.05, 0.1) is 0 Å². The molecule has 0 heterocycles. The zero-order valence-electron chi connectivity index (χ0n) is 14.7. The number of rotatable bonds is 6. The van der Waals surface area contributed by atoms with E-state index in [1.165, 1.54) is 6.92 Å². The van der Waals surface area contributed by atoms with E-state index >= 15 is 0 Å². The number of benzene rings is 1. The van der Waals surface area contributed by atoms with Crippen molar-refractivity contribution in [3.05, 3.63) is 29.3 Å². The first-order valence-corrected chi connectivity index (χ1v) is 7.77. The van der Waals surface area contributed by atoms with Crippen LogP contribution in [0, 0.1) is 19.8 Å². The molecule has 1 aromatic carbocycles. The van der Waals surface area contributed by atoms with E-state index in [9.17, 15) is 14.4 Å². The molecule has 0 fully saturated rings. The zero-order valence-corrected chi connectivity index (χ0v) is 14.7. The molecule has 0 spiro atoms. The molecule has 0 aliphatic heterocycles. The van der Waals surface area contributed by atoms with Crippen LogP contribution in [0.3, 0.4) is 0 Å². The molecule has 0 aromatic heterocycles. The molecule has 24 heavy (non-hydrogen) atoms. The van der Waals surface area contributed by atoms with Gasteiger partial charge in [-0.05, 0) is 30.9 Å². The highest BCUT2D eigenvalue weighted by Crippen LogP contribution is 2.21. The van der Waals surface area contributed by atoms with E-state index in [0.29, 0.717) is 5.75 Å². The number of hydrogen-bond acceptors (Lipinski definition) is 4. The Kier molecular flexibility index (Phi) is 7.23. The zero-order chi connectivity index (χ0) is 18.3. The molecule has 1 rings (SSSR count). The van der Waals surface area contributed by atoms with Crippen LogP contribution in [0.2, 0.25) is 0 Å². The Bertz CT molecular complexity index is 594. The second-order valence-electron chi connectivity index (χ2n) is 5.97. The van der Waals surface area contributed by atoms with E-state index in [-0.39, 0.29) is 18.4 Å². The van der Waals surface area contributed by atoms with Gasteiger partial charge in [0.15, 0.2) is 6.61 Å². The van der Waals surface area contributed by atoms with Crippen molar-refractivity contribution in [2.24, 2.45) is 5.92 Å². The molecular formula is C17H25N3O4. The normalized spacial score (nSPS) is 11.6. The Labute approximate surface area is 142 Å². The van der Waals surface area contributed by atoms with Crippen molar-refractivity contribution in [1.29, 1.82) is 0 Å². The van der Waals surface area contributed by atoms with E-state index in [2.05, 4.69) is 16.2 Å². The standard InChI is InChI=1S/C17H25N3O4/c1-10(2)15(18-13(5)21)17(23)20-19-14(22)9-24-16-11(3)7-6-8-12(16)4/h6-8,10,15H,9H2,1-5H3,(H,18,21)(H,19,22)(H,20,23)/t15-/m0/s1. The van der Waals surface area contributed by atoms with Gasteiger partial charge in [-0.25, -0.2) is 0 Å². The number of nitrogens with one attached hydrogen (secondary N) is 3. The van der Waals surface area contributed by atoms with E-state index < -0.39 is 17.9 Å². The molecule has 7 nitrogen and oxygen atoms in total. The summed E-state index contributed by atoms with van der Waals surface area (Å²) in [4.78, 5) is 35.0. The lowest BCUT2D eigenvalue weighted by Crippen LogP contribution is -2.54. The third-order valence-electron chi connectivity index (χ3n) is 3.39. The van der Waals surface area contributed by atoms with Gasteiger partial charge in [-0.3, -0.25) is 25.2 Å².